The number of hydrogen-bond acceptors (Lipinski definition) is 1. The molecule has 0 aromatic rings. The Labute approximate surface area is 50.1 Å². The van der Waals surface area contributed by atoms with Crippen molar-refractivity contribution in [1.29, 1.82) is 0 Å². The first kappa shape index (κ1) is 5.54. The van der Waals surface area contributed by atoms with Crippen molar-refractivity contribution in [3.05, 3.63) is 12.2 Å². The van der Waals surface area contributed by atoms with Crippen LogP contribution in [0.5, 0.6) is 0 Å². The van der Waals surface area contributed by atoms with Crippen molar-refractivity contribution in [2.75, 3.05) is 0 Å². The summed E-state index contributed by atoms with van der Waals surface area (Å²) in [5, 5.41) is 0. The molecule has 0 amide bonds. The van der Waals surface area contributed by atoms with Crippen LogP contribution in [0.4, 0.5) is 0 Å². The molecule has 44 valence electrons. The molecule has 0 saturated heterocycles. The second-order valence-corrected chi connectivity index (χ2v) is 1.98. The topological polar surface area (TPSA) is 12.4 Å². The minimum atomic E-state index is 0.500. The van der Waals surface area contributed by atoms with Gasteiger partial charge in [0.1, 0.15) is 0 Å². The van der Waals surface area contributed by atoms with Gasteiger partial charge in [0.25, 0.3) is 0 Å². The summed E-state index contributed by atoms with van der Waals surface area (Å²) >= 11 is 0. The molecule has 1 rings (SSSR count). The highest BCUT2D eigenvalue weighted by Crippen LogP contribution is 2.11. The van der Waals surface area contributed by atoms with E-state index in [1.807, 2.05) is 13.1 Å². The normalized spacial score (nSPS) is 27.9. The lowest BCUT2D eigenvalue weighted by Gasteiger charge is -1.94. The average molecular weight is 109 g/mol. The third-order valence-electron chi connectivity index (χ3n) is 1.33. The lowest BCUT2D eigenvalue weighted by atomic mass is 10.3. The maximum Gasteiger partial charge on any atom is 0.0678 e. The molecule has 1 unspecified atom stereocenters. The maximum absolute atomic E-state index is 4.21. The molecular formula is C7H11N. The van der Waals surface area contributed by atoms with E-state index >= 15 is 0 Å². The van der Waals surface area contributed by atoms with Gasteiger partial charge in [-0.25, -0.2) is 0 Å². The standard InChI is InChI=1S/C7H11N/c1-2-8-7-5-3-4-6-7/h2-3,5,7H,4,6H2,1H3. The van der Waals surface area contributed by atoms with Crippen molar-refractivity contribution >= 4 is 6.21 Å². The van der Waals surface area contributed by atoms with Gasteiger partial charge in [0.2, 0.25) is 0 Å². The highest BCUT2D eigenvalue weighted by Gasteiger charge is 2.03. The van der Waals surface area contributed by atoms with Crippen LogP contribution in [0.2, 0.25) is 0 Å². The zero-order chi connectivity index (χ0) is 5.82. The van der Waals surface area contributed by atoms with E-state index in [9.17, 15) is 0 Å². The van der Waals surface area contributed by atoms with Crippen LogP contribution in [-0.4, -0.2) is 12.3 Å². The van der Waals surface area contributed by atoms with E-state index in [0.717, 1.165) is 0 Å². The van der Waals surface area contributed by atoms with Crippen LogP contribution < -0.4 is 0 Å². The van der Waals surface area contributed by atoms with E-state index in [1.165, 1.54) is 12.8 Å². The smallest absolute Gasteiger partial charge is 0.0678 e. The Morgan fingerprint density at radius 2 is 2.62 bits per heavy atom. The lowest BCUT2D eigenvalue weighted by molar-refractivity contribution is 0.785. The molecular weight excluding hydrogens is 98.1 g/mol. The van der Waals surface area contributed by atoms with Gasteiger partial charge in [-0.15, -0.1) is 0 Å². The monoisotopic (exact) mass is 109 g/mol. The summed E-state index contributed by atoms with van der Waals surface area (Å²) in [5.74, 6) is 0. The fraction of sp³-hybridized carbons (Fsp3) is 0.571. The fourth-order valence-corrected chi connectivity index (χ4v) is 0.932. The molecule has 0 radical (unpaired) electrons. The molecule has 0 aromatic heterocycles. The molecule has 1 aliphatic carbocycles. The largest absolute Gasteiger partial charge is 0.290 e. The summed E-state index contributed by atoms with van der Waals surface area (Å²) in [6.45, 7) is 1.96. The molecule has 1 nitrogen and oxygen atoms in total. The Bertz CT molecular complexity index is 114. The molecule has 0 fully saturated rings. The summed E-state index contributed by atoms with van der Waals surface area (Å²) in [6, 6.07) is 0.500. The van der Waals surface area contributed by atoms with Gasteiger partial charge >= 0.3 is 0 Å². The number of nitrogens with zero attached hydrogens (tertiary/aromatic N) is 1. The van der Waals surface area contributed by atoms with Gasteiger partial charge in [-0.1, -0.05) is 12.2 Å². The number of aliphatic imine (C=N–C) groups is 1. The first-order valence-corrected chi connectivity index (χ1v) is 3.08. The van der Waals surface area contributed by atoms with Crippen molar-refractivity contribution in [1.82, 2.24) is 0 Å². The minimum Gasteiger partial charge on any atom is -0.290 e. The molecule has 0 saturated carbocycles. The second kappa shape index (κ2) is 2.65. The molecule has 1 atom stereocenters. The average Bonchev–Trinajstić information content (AvgIpc) is 2.19. The molecule has 0 aliphatic heterocycles. The first-order valence-electron chi connectivity index (χ1n) is 3.08. The Kier molecular flexibility index (Phi) is 1.84. The Morgan fingerprint density at radius 3 is 3.12 bits per heavy atom. The summed E-state index contributed by atoms with van der Waals surface area (Å²) < 4.78 is 0. The SMILES string of the molecule is CC=NC1C=CCC1. The summed E-state index contributed by atoms with van der Waals surface area (Å²) in [6.07, 6.45) is 8.66. The third-order valence-corrected chi connectivity index (χ3v) is 1.33. The van der Waals surface area contributed by atoms with Gasteiger partial charge in [-0.2, -0.15) is 0 Å². The molecule has 1 heteroatoms. The van der Waals surface area contributed by atoms with Crippen LogP contribution in [0.15, 0.2) is 17.1 Å². The second-order valence-electron chi connectivity index (χ2n) is 1.98. The molecule has 0 aromatic carbocycles. The Hall–Kier alpha value is -0.590. The van der Waals surface area contributed by atoms with Gasteiger partial charge in [0, 0.05) is 0 Å². The van der Waals surface area contributed by atoms with Crippen molar-refractivity contribution in [3.8, 4) is 0 Å². The highest BCUT2D eigenvalue weighted by molar-refractivity contribution is 5.53. The highest BCUT2D eigenvalue weighted by atomic mass is 14.8. The van der Waals surface area contributed by atoms with Crippen LogP contribution in [0, 0.1) is 0 Å². The van der Waals surface area contributed by atoms with E-state index in [-0.39, 0.29) is 0 Å². The molecule has 0 N–H and O–H groups in total. The number of allylic oxidation sites excluding steroid dienone is 1. The summed E-state index contributed by atoms with van der Waals surface area (Å²) in [4.78, 5) is 4.21. The van der Waals surface area contributed by atoms with E-state index in [2.05, 4.69) is 17.1 Å². The number of hydrogen-bond donors (Lipinski definition) is 0. The predicted octanol–water partition coefficient (Wildman–Crippen LogP) is 1.80. The van der Waals surface area contributed by atoms with Gasteiger partial charge < -0.3 is 0 Å². The van der Waals surface area contributed by atoms with Crippen molar-refractivity contribution in [3.63, 3.8) is 0 Å². The Morgan fingerprint density at radius 1 is 1.75 bits per heavy atom. The Balaban J connectivity index is 2.36. The van der Waals surface area contributed by atoms with Crippen LogP contribution in [0.3, 0.4) is 0 Å². The van der Waals surface area contributed by atoms with E-state index in [4.69, 9.17) is 0 Å². The first-order chi connectivity index (χ1) is 3.93. The van der Waals surface area contributed by atoms with Crippen LogP contribution in [0.1, 0.15) is 19.8 Å². The molecule has 1 aliphatic rings. The quantitative estimate of drug-likeness (QED) is 0.359. The third kappa shape index (κ3) is 1.19. The minimum absolute atomic E-state index is 0.500. The van der Waals surface area contributed by atoms with Gasteiger partial charge in [0.15, 0.2) is 0 Å². The van der Waals surface area contributed by atoms with Crippen LogP contribution in [0.25, 0.3) is 0 Å². The lowest BCUT2D eigenvalue weighted by Crippen LogP contribution is -1.92. The predicted molar refractivity (Wildman–Crippen MR) is 36.3 cm³/mol. The van der Waals surface area contributed by atoms with Gasteiger partial charge in [-0.05, 0) is 26.0 Å². The number of rotatable bonds is 1. The molecule has 0 bridgehead atoms. The van der Waals surface area contributed by atoms with Crippen LogP contribution >= 0.6 is 0 Å². The maximum atomic E-state index is 4.21. The summed E-state index contributed by atoms with van der Waals surface area (Å²) in [7, 11) is 0. The van der Waals surface area contributed by atoms with Crippen molar-refractivity contribution in [2.45, 2.75) is 25.8 Å². The van der Waals surface area contributed by atoms with Crippen molar-refractivity contribution < 1.29 is 0 Å². The molecule has 0 spiro atoms. The van der Waals surface area contributed by atoms with E-state index in [0.29, 0.717) is 6.04 Å². The van der Waals surface area contributed by atoms with E-state index < -0.39 is 0 Å². The van der Waals surface area contributed by atoms with Gasteiger partial charge in [0.05, 0.1) is 6.04 Å². The molecule has 8 heavy (non-hydrogen) atoms. The fourth-order valence-electron chi connectivity index (χ4n) is 0.932. The van der Waals surface area contributed by atoms with E-state index in [1.54, 1.807) is 0 Å². The van der Waals surface area contributed by atoms with Gasteiger partial charge in [-0.3, -0.25) is 4.99 Å². The zero-order valence-corrected chi connectivity index (χ0v) is 5.17. The molecule has 0 heterocycles. The van der Waals surface area contributed by atoms with Crippen molar-refractivity contribution in [2.24, 2.45) is 4.99 Å². The van der Waals surface area contributed by atoms with Crippen LogP contribution in [-0.2, 0) is 0 Å². The zero-order valence-electron chi connectivity index (χ0n) is 5.17. The summed E-state index contributed by atoms with van der Waals surface area (Å²) in [5.41, 5.74) is 0.